The molecule has 2 aliphatic rings. The minimum Gasteiger partial charge on any atom is -0.372 e. The van der Waals surface area contributed by atoms with Crippen molar-refractivity contribution < 1.29 is 4.74 Å². The Labute approximate surface area is 82.3 Å². The van der Waals surface area contributed by atoms with Crippen LogP contribution in [0.5, 0.6) is 0 Å². The third-order valence-corrected chi connectivity index (χ3v) is 2.90. The lowest BCUT2D eigenvalue weighted by Crippen LogP contribution is -2.63. The predicted molar refractivity (Wildman–Crippen MR) is 56.0 cm³/mol. The van der Waals surface area contributed by atoms with E-state index in [0.717, 1.165) is 6.61 Å². The summed E-state index contributed by atoms with van der Waals surface area (Å²) >= 11 is 0. The van der Waals surface area contributed by atoms with Crippen LogP contribution in [0.3, 0.4) is 0 Å². The Morgan fingerprint density at radius 1 is 1.23 bits per heavy atom. The van der Waals surface area contributed by atoms with Gasteiger partial charge < -0.3 is 4.74 Å². The molecule has 0 N–H and O–H groups in total. The van der Waals surface area contributed by atoms with E-state index in [-0.39, 0.29) is 0 Å². The quantitative estimate of drug-likeness (QED) is 0.621. The molecule has 0 aromatic rings. The lowest BCUT2D eigenvalue weighted by atomic mass is 9.90. The van der Waals surface area contributed by atoms with E-state index in [4.69, 9.17) is 4.74 Å². The standard InChI is InChI=1S/C9H17NO.C2H6/c1-8(2)10-6-9(7-10)4-3-5-11-9;1-2/h8H,3-7H2,1-2H3;1-2H3. The number of ether oxygens (including phenoxy) is 1. The molecule has 2 fully saturated rings. The third-order valence-electron chi connectivity index (χ3n) is 2.90. The first-order valence-electron chi connectivity index (χ1n) is 5.60. The Hall–Kier alpha value is -0.0800. The Balaban J connectivity index is 0.000000396. The molecule has 0 saturated carbocycles. The van der Waals surface area contributed by atoms with Crippen LogP contribution in [-0.4, -0.2) is 36.2 Å². The van der Waals surface area contributed by atoms with Gasteiger partial charge in [-0.05, 0) is 26.7 Å². The van der Waals surface area contributed by atoms with Crippen molar-refractivity contribution in [3.63, 3.8) is 0 Å². The number of likely N-dealkylation sites (tertiary alicyclic amines) is 1. The van der Waals surface area contributed by atoms with E-state index in [1.165, 1.54) is 25.9 Å². The topological polar surface area (TPSA) is 12.5 Å². The van der Waals surface area contributed by atoms with Crippen molar-refractivity contribution >= 4 is 0 Å². The SMILES string of the molecule is CC.CC(C)N1CC2(CCCO2)C1. The molecule has 2 aliphatic heterocycles. The van der Waals surface area contributed by atoms with Crippen LogP contribution in [-0.2, 0) is 4.74 Å². The van der Waals surface area contributed by atoms with Gasteiger partial charge in [-0.15, -0.1) is 0 Å². The molecule has 13 heavy (non-hydrogen) atoms. The van der Waals surface area contributed by atoms with Gasteiger partial charge in [-0.3, -0.25) is 4.90 Å². The second kappa shape index (κ2) is 4.43. The first kappa shape index (κ1) is 11.0. The van der Waals surface area contributed by atoms with Crippen LogP contribution in [0.15, 0.2) is 0 Å². The molecule has 0 bridgehead atoms. The van der Waals surface area contributed by atoms with Gasteiger partial charge in [0, 0.05) is 25.7 Å². The van der Waals surface area contributed by atoms with E-state index < -0.39 is 0 Å². The summed E-state index contributed by atoms with van der Waals surface area (Å²) in [5.41, 5.74) is 0.296. The van der Waals surface area contributed by atoms with Gasteiger partial charge in [-0.25, -0.2) is 0 Å². The van der Waals surface area contributed by atoms with Gasteiger partial charge >= 0.3 is 0 Å². The molecular weight excluding hydrogens is 162 g/mol. The average molecular weight is 185 g/mol. The summed E-state index contributed by atoms with van der Waals surface area (Å²) in [6.45, 7) is 11.8. The smallest absolute Gasteiger partial charge is 0.0935 e. The van der Waals surface area contributed by atoms with Gasteiger partial charge in [0.25, 0.3) is 0 Å². The fourth-order valence-corrected chi connectivity index (χ4v) is 2.06. The lowest BCUT2D eigenvalue weighted by molar-refractivity contribution is -0.121. The highest BCUT2D eigenvalue weighted by Gasteiger charge is 2.46. The number of hydrogen-bond acceptors (Lipinski definition) is 2. The second-order valence-corrected chi connectivity index (χ2v) is 4.13. The average Bonchev–Trinajstić information content (AvgIpc) is 2.53. The molecule has 2 saturated heterocycles. The van der Waals surface area contributed by atoms with Crippen molar-refractivity contribution in [1.82, 2.24) is 4.90 Å². The second-order valence-electron chi connectivity index (χ2n) is 4.13. The maximum Gasteiger partial charge on any atom is 0.0935 e. The Kier molecular flexibility index (Phi) is 3.74. The molecule has 2 heterocycles. The minimum atomic E-state index is 0.296. The highest BCUT2D eigenvalue weighted by molar-refractivity contribution is 5.00. The van der Waals surface area contributed by atoms with Crippen LogP contribution in [0, 0.1) is 0 Å². The van der Waals surface area contributed by atoms with E-state index in [1.807, 2.05) is 13.8 Å². The molecule has 0 aromatic carbocycles. The van der Waals surface area contributed by atoms with Crippen molar-refractivity contribution in [2.75, 3.05) is 19.7 Å². The van der Waals surface area contributed by atoms with E-state index in [2.05, 4.69) is 18.7 Å². The Morgan fingerprint density at radius 2 is 1.85 bits per heavy atom. The third kappa shape index (κ3) is 2.23. The lowest BCUT2D eigenvalue weighted by Gasteiger charge is -2.49. The van der Waals surface area contributed by atoms with Gasteiger partial charge in [0.2, 0.25) is 0 Å². The molecule has 78 valence electrons. The highest BCUT2D eigenvalue weighted by Crippen LogP contribution is 2.35. The largest absolute Gasteiger partial charge is 0.372 e. The number of rotatable bonds is 1. The Morgan fingerprint density at radius 3 is 2.23 bits per heavy atom. The van der Waals surface area contributed by atoms with E-state index >= 15 is 0 Å². The van der Waals surface area contributed by atoms with E-state index in [1.54, 1.807) is 0 Å². The van der Waals surface area contributed by atoms with Crippen molar-refractivity contribution in [2.24, 2.45) is 0 Å². The normalized spacial score (nSPS) is 25.6. The van der Waals surface area contributed by atoms with E-state index in [9.17, 15) is 0 Å². The molecule has 0 radical (unpaired) electrons. The predicted octanol–water partition coefficient (Wildman–Crippen LogP) is 2.29. The summed E-state index contributed by atoms with van der Waals surface area (Å²) in [5.74, 6) is 0. The summed E-state index contributed by atoms with van der Waals surface area (Å²) in [6, 6.07) is 0.699. The van der Waals surface area contributed by atoms with Crippen molar-refractivity contribution in [3.05, 3.63) is 0 Å². The van der Waals surface area contributed by atoms with Gasteiger partial charge in [0.05, 0.1) is 5.60 Å². The van der Waals surface area contributed by atoms with Crippen LogP contribution in [0.1, 0.15) is 40.5 Å². The van der Waals surface area contributed by atoms with Crippen molar-refractivity contribution in [2.45, 2.75) is 52.2 Å². The molecule has 2 rings (SSSR count). The van der Waals surface area contributed by atoms with E-state index in [0.29, 0.717) is 11.6 Å². The molecular formula is C11H23NO. The van der Waals surface area contributed by atoms with Crippen LogP contribution >= 0.6 is 0 Å². The number of hydrogen-bond donors (Lipinski definition) is 0. The molecule has 2 heteroatoms. The van der Waals surface area contributed by atoms with Gasteiger partial charge in [-0.2, -0.15) is 0 Å². The summed E-state index contributed by atoms with van der Waals surface area (Å²) in [5, 5.41) is 0. The van der Waals surface area contributed by atoms with Gasteiger partial charge in [-0.1, -0.05) is 13.8 Å². The fourth-order valence-electron chi connectivity index (χ4n) is 2.06. The van der Waals surface area contributed by atoms with Crippen LogP contribution in [0.2, 0.25) is 0 Å². The highest BCUT2D eigenvalue weighted by atomic mass is 16.5. The van der Waals surface area contributed by atoms with Gasteiger partial charge in [0.1, 0.15) is 0 Å². The van der Waals surface area contributed by atoms with Crippen LogP contribution in [0.25, 0.3) is 0 Å². The van der Waals surface area contributed by atoms with Gasteiger partial charge in [0.15, 0.2) is 0 Å². The summed E-state index contributed by atoms with van der Waals surface area (Å²) < 4.78 is 5.72. The number of nitrogens with zero attached hydrogens (tertiary/aromatic N) is 1. The van der Waals surface area contributed by atoms with Crippen molar-refractivity contribution in [3.8, 4) is 0 Å². The maximum atomic E-state index is 5.72. The van der Waals surface area contributed by atoms with Crippen LogP contribution in [0.4, 0.5) is 0 Å². The fraction of sp³-hybridized carbons (Fsp3) is 1.00. The molecule has 0 aromatic heterocycles. The Bertz CT molecular complexity index is 142. The maximum absolute atomic E-state index is 5.72. The first-order chi connectivity index (χ1) is 6.22. The molecule has 0 aliphatic carbocycles. The zero-order valence-electron chi connectivity index (χ0n) is 9.47. The zero-order valence-corrected chi connectivity index (χ0v) is 9.47. The first-order valence-corrected chi connectivity index (χ1v) is 5.60. The van der Waals surface area contributed by atoms with Crippen molar-refractivity contribution in [1.29, 1.82) is 0 Å². The summed E-state index contributed by atoms with van der Waals surface area (Å²) in [4.78, 5) is 2.48. The molecule has 0 amide bonds. The summed E-state index contributed by atoms with van der Waals surface area (Å²) in [6.07, 6.45) is 2.56. The monoisotopic (exact) mass is 185 g/mol. The zero-order chi connectivity index (χ0) is 9.90. The molecule has 0 atom stereocenters. The molecule has 1 spiro atoms. The molecule has 2 nitrogen and oxygen atoms in total. The molecule has 0 unspecified atom stereocenters. The summed E-state index contributed by atoms with van der Waals surface area (Å²) in [7, 11) is 0. The van der Waals surface area contributed by atoms with Crippen LogP contribution < -0.4 is 0 Å². The minimum absolute atomic E-state index is 0.296.